The second-order valence-electron chi connectivity index (χ2n) is 7.86. The zero-order chi connectivity index (χ0) is 24.1. The maximum Gasteiger partial charge on any atom is 0.290 e. The van der Waals surface area contributed by atoms with E-state index >= 15 is 0 Å². The van der Waals surface area contributed by atoms with Gasteiger partial charge in [-0.05, 0) is 30.7 Å². The van der Waals surface area contributed by atoms with Gasteiger partial charge in [-0.15, -0.1) is 0 Å². The Morgan fingerprint density at radius 2 is 1.82 bits per heavy atom. The normalized spacial score (nSPS) is 16.4. The summed E-state index contributed by atoms with van der Waals surface area (Å²) >= 11 is 0. The van der Waals surface area contributed by atoms with Gasteiger partial charge < -0.3 is 20.1 Å². The van der Waals surface area contributed by atoms with Gasteiger partial charge in [0.25, 0.3) is 17.9 Å². The minimum Gasteiger partial charge on any atom is -0.491 e. The van der Waals surface area contributed by atoms with Gasteiger partial charge in [0, 0.05) is 29.6 Å². The molecule has 0 unspecified atom stereocenters. The molecule has 0 fully saturated rings. The molecule has 172 valence electrons. The van der Waals surface area contributed by atoms with Crippen LogP contribution in [-0.2, 0) is 10.3 Å². The highest BCUT2D eigenvalue weighted by molar-refractivity contribution is 6.06. The summed E-state index contributed by atoms with van der Waals surface area (Å²) in [7, 11) is 0. The van der Waals surface area contributed by atoms with Crippen LogP contribution in [0.25, 0.3) is 10.8 Å². The van der Waals surface area contributed by atoms with Gasteiger partial charge in [-0.1, -0.05) is 48.0 Å². The molecule has 5 rings (SSSR count). The van der Waals surface area contributed by atoms with Crippen LogP contribution in [0.15, 0.2) is 77.9 Å². The Morgan fingerprint density at radius 1 is 1.12 bits per heavy atom. The molecular formula is C26H23N3O5. The number of aromatic amines is 1. The third kappa shape index (κ3) is 4.13. The van der Waals surface area contributed by atoms with E-state index in [2.05, 4.69) is 15.3 Å². The van der Waals surface area contributed by atoms with Crippen LogP contribution in [0.3, 0.4) is 0 Å². The number of aryl methyl sites for hydroxylation is 1. The van der Waals surface area contributed by atoms with Crippen molar-refractivity contribution < 1.29 is 19.4 Å². The molecule has 34 heavy (non-hydrogen) atoms. The van der Waals surface area contributed by atoms with Gasteiger partial charge in [0.2, 0.25) is 0 Å². The molecule has 1 aliphatic heterocycles. The monoisotopic (exact) mass is 457 g/mol. The Labute approximate surface area is 195 Å². The first-order valence-corrected chi connectivity index (χ1v) is 10.7. The molecule has 1 atom stereocenters. The molecule has 2 aromatic carbocycles. The molecule has 0 saturated heterocycles. The van der Waals surface area contributed by atoms with Crippen LogP contribution in [-0.4, -0.2) is 34.1 Å². The van der Waals surface area contributed by atoms with Crippen LogP contribution in [0.1, 0.15) is 33.6 Å². The number of carbonyl (C=O) groups is 2. The van der Waals surface area contributed by atoms with E-state index in [1.54, 1.807) is 24.4 Å². The largest absolute Gasteiger partial charge is 0.491 e. The first-order chi connectivity index (χ1) is 16.5. The Balaban J connectivity index is 0.000000868. The molecule has 2 aromatic heterocycles. The summed E-state index contributed by atoms with van der Waals surface area (Å²) in [5, 5.41) is 11.2. The van der Waals surface area contributed by atoms with Gasteiger partial charge in [-0.3, -0.25) is 19.4 Å². The van der Waals surface area contributed by atoms with Crippen molar-refractivity contribution in [1.82, 2.24) is 15.3 Å². The van der Waals surface area contributed by atoms with Gasteiger partial charge in [-0.25, -0.2) is 0 Å². The Kier molecular flexibility index (Phi) is 6.40. The number of hydrogen-bond donors (Lipinski definition) is 3. The van der Waals surface area contributed by atoms with Gasteiger partial charge in [0.15, 0.2) is 0 Å². The highest BCUT2D eigenvalue weighted by atomic mass is 16.5. The molecule has 3 heterocycles. The molecule has 0 bridgehead atoms. The third-order valence-corrected chi connectivity index (χ3v) is 5.83. The maximum atomic E-state index is 13.6. The van der Waals surface area contributed by atoms with E-state index in [4.69, 9.17) is 14.6 Å². The van der Waals surface area contributed by atoms with Crippen LogP contribution in [0.4, 0.5) is 0 Å². The van der Waals surface area contributed by atoms with Crippen molar-refractivity contribution in [1.29, 1.82) is 0 Å². The number of rotatable bonds is 3. The predicted octanol–water partition coefficient (Wildman–Crippen LogP) is 3.39. The molecule has 1 aliphatic rings. The fraction of sp³-hybridized carbons (Fsp3) is 0.154. The number of nitrogens with one attached hydrogen (secondary N) is 2. The molecular weight excluding hydrogens is 434 g/mol. The lowest BCUT2D eigenvalue weighted by Gasteiger charge is -2.39. The number of nitrogens with zero attached hydrogens (tertiary/aromatic N) is 1. The van der Waals surface area contributed by atoms with E-state index in [0.717, 1.165) is 11.1 Å². The number of H-pyrrole nitrogens is 1. The predicted molar refractivity (Wildman–Crippen MR) is 127 cm³/mol. The topological polar surface area (TPSA) is 121 Å². The summed E-state index contributed by atoms with van der Waals surface area (Å²) in [6.07, 6.45) is 3.71. The van der Waals surface area contributed by atoms with E-state index < -0.39 is 5.54 Å². The molecule has 0 aliphatic carbocycles. The van der Waals surface area contributed by atoms with Crippen molar-refractivity contribution in [2.24, 2.45) is 0 Å². The average molecular weight is 457 g/mol. The lowest BCUT2D eigenvalue weighted by Crippen LogP contribution is -2.50. The SMILES string of the molecule is Cc1ccc([C@@]2(NC(=O)c3c[nH]c(=O)c4ccccc34)CCOc3cccnc32)cc1.O=CO. The van der Waals surface area contributed by atoms with Crippen LogP contribution in [0, 0.1) is 6.92 Å². The fourth-order valence-corrected chi connectivity index (χ4v) is 4.23. The highest BCUT2D eigenvalue weighted by Crippen LogP contribution is 2.40. The van der Waals surface area contributed by atoms with Crippen molar-refractivity contribution in [3.63, 3.8) is 0 Å². The van der Waals surface area contributed by atoms with E-state index in [-0.39, 0.29) is 17.9 Å². The standard InChI is InChI=1S/C25H21N3O3.CH2O2/c1-16-8-10-17(11-9-16)25(12-14-31-21-7-4-13-26-22(21)25)28-24(30)20-15-27-23(29)19-6-3-2-5-18(19)20;2-1-3/h2-11,13,15H,12,14H2,1H3,(H,27,29)(H,28,30);1H,(H,2,3)/t25-;/m0./s1. The zero-order valence-electron chi connectivity index (χ0n) is 18.4. The second-order valence-corrected chi connectivity index (χ2v) is 7.86. The minimum absolute atomic E-state index is 0.224. The minimum atomic E-state index is -0.850. The van der Waals surface area contributed by atoms with Crippen molar-refractivity contribution in [3.8, 4) is 5.75 Å². The first kappa shape index (κ1) is 22.7. The van der Waals surface area contributed by atoms with Gasteiger partial charge in [0.05, 0.1) is 12.2 Å². The van der Waals surface area contributed by atoms with E-state index in [1.165, 1.54) is 6.20 Å². The number of carboxylic acid groups (broad SMARTS) is 1. The van der Waals surface area contributed by atoms with E-state index in [0.29, 0.717) is 40.8 Å². The third-order valence-electron chi connectivity index (χ3n) is 5.83. The molecule has 8 nitrogen and oxygen atoms in total. The number of pyridine rings is 2. The second kappa shape index (κ2) is 9.58. The number of fused-ring (bicyclic) bond motifs is 2. The lowest BCUT2D eigenvalue weighted by molar-refractivity contribution is -0.122. The Morgan fingerprint density at radius 3 is 2.56 bits per heavy atom. The molecule has 1 amide bonds. The number of benzene rings is 2. The van der Waals surface area contributed by atoms with Crippen LogP contribution < -0.4 is 15.6 Å². The van der Waals surface area contributed by atoms with E-state index in [1.807, 2.05) is 49.4 Å². The van der Waals surface area contributed by atoms with Crippen LogP contribution >= 0.6 is 0 Å². The van der Waals surface area contributed by atoms with Gasteiger partial charge in [-0.2, -0.15) is 0 Å². The molecule has 3 N–H and O–H groups in total. The van der Waals surface area contributed by atoms with E-state index in [9.17, 15) is 9.59 Å². The van der Waals surface area contributed by atoms with Crippen LogP contribution in [0.2, 0.25) is 0 Å². The molecule has 8 heteroatoms. The van der Waals surface area contributed by atoms with Crippen molar-refractivity contribution in [2.75, 3.05) is 6.61 Å². The van der Waals surface area contributed by atoms with Crippen LogP contribution in [0.5, 0.6) is 5.75 Å². The van der Waals surface area contributed by atoms with Gasteiger partial charge in [0.1, 0.15) is 17.0 Å². The molecule has 0 radical (unpaired) electrons. The Bertz CT molecular complexity index is 1400. The highest BCUT2D eigenvalue weighted by Gasteiger charge is 2.42. The van der Waals surface area contributed by atoms with Gasteiger partial charge >= 0.3 is 0 Å². The summed E-state index contributed by atoms with van der Waals surface area (Å²) in [6, 6.07) is 18.9. The average Bonchev–Trinajstić information content (AvgIpc) is 2.85. The lowest BCUT2D eigenvalue weighted by atomic mass is 9.81. The summed E-state index contributed by atoms with van der Waals surface area (Å²) in [4.78, 5) is 41.4. The molecule has 4 aromatic rings. The van der Waals surface area contributed by atoms with Crippen molar-refractivity contribution >= 4 is 23.2 Å². The zero-order valence-corrected chi connectivity index (χ0v) is 18.4. The number of amides is 1. The summed E-state index contributed by atoms with van der Waals surface area (Å²) < 4.78 is 5.84. The number of ether oxygens (including phenoxy) is 1. The smallest absolute Gasteiger partial charge is 0.290 e. The van der Waals surface area contributed by atoms with Crippen molar-refractivity contribution in [2.45, 2.75) is 18.9 Å². The molecule has 0 saturated carbocycles. The summed E-state index contributed by atoms with van der Waals surface area (Å²) in [6.45, 7) is 2.22. The number of aromatic nitrogens is 2. The summed E-state index contributed by atoms with van der Waals surface area (Å²) in [5.74, 6) is 0.368. The van der Waals surface area contributed by atoms with Crippen molar-refractivity contribution in [3.05, 3.63) is 106 Å². The maximum absolute atomic E-state index is 13.6. The summed E-state index contributed by atoms with van der Waals surface area (Å²) in [5.41, 5.74) is 2.07. The Hall–Kier alpha value is -4.46. The molecule has 0 spiro atoms. The quantitative estimate of drug-likeness (QED) is 0.406. The first-order valence-electron chi connectivity index (χ1n) is 10.7. The fourth-order valence-electron chi connectivity index (χ4n) is 4.23. The number of hydrogen-bond acceptors (Lipinski definition) is 5. The number of carbonyl (C=O) groups excluding carboxylic acids is 1.